The molecule has 3 rings (SSSR count). The van der Waals surface area contributed by atoms with E-state index >= 15 is 0 Å². The van der Waals surface area contributed by atoms with Crippen LogP contribution in [0, 0.1) is 32.1 Å². The molecule has 9 heteroatoms. The molecule has 0 saturated carbocycles. The molecule has 0 aliphatic carbocycles. The number of aryl methyl sites for hydroxylation is 3. The van der Waals surface area contributed by atoms with Crippen LogP contribution in [0.25, 0.3) is 10.2 Å². The number of nitrogens with zero attached hydrogens (tertiary/aromatic N) is 4. The minimum Gasteiger partial charge on any atom is -0.297 e. The average Bonchev–Trinajstić information content (AvgIpc) is 3.20. The SMILES string of the molecule is C=CCn1c(SCC(=O)C(C#N)c2nc(C)cs2)nc2sc(C)c(C)c2c1=O. The van der Waals surface area contributed by atoms with E-state index in [0.29, 0.717) is 26.9 Å². The zero-order valence-electron chi connectivity index (χ0n) is 15.7. The predicted octanol–water partition coefficient (Wildman–Crippen LogP) is 3.99. The van der Waals surface area contributed by atoms with Gasteiger partial charge in [0.25, 0.3) is 5.56 Å². The molecule has 1 unspecified atom stereocenters. The number of thiophene rings is 1. The Hall–Kier alpha value is -2.28. The Balaban J connectivity index is 1.92. The first kappa shape index (κ1) is 20.5. The van der Waals surface area contributed by atoms with Crippen molar-refractivity contribution in [1.82, 2.24) is 14.5 Å². The van der Waals surface area contributed by atoms with Gasteiger partial charge in [-0.3, -0.25) is 14.2 Å². The summed E-state index contributed by atoms with van der Waals surface area (Å²) in [5.74, 6) is -1.12. The van der Waals surface area contributed by atoms with Crippen LogP contribution in [0.1, 0.15) is 27.1 Å². The monoisotopic (exact) mass is 430 g/mol. The fourth-order valence-electron chi connectivity index (χ4n) is 2.70. The maximum atomic E-state index is 13.0. The van der Waals surface area contributed by atoms with Crippen molar-refractivity contribution in [1.29, 1.82) is 5.26 Å². The highest BCUT2D eigenvalue weighted by atomic mass is 32.2. The Morgan fingerprint density at radius 2 is 2.18 bits per heavy atom. The van der Waals surface area contributed by atoms with Gasteiger partial charge in [0, 0.05) is 22.5 Å². The van der Waals surface area contributed by atoms with Crippen molar-refractivity contribution >= 4 is 50.4 Å². The van der Waals surface area contributed by atoms with Gasteiger partial charge in [-0.15, -0.1) is 29.3 Å². The standard InChI is InChI=1S/C19H18N4O2S3/c1-5-6-23-18(25)15-11(3)12(4)28-17(15)22-19(23)27-9-14(24)13(7-20)16-21-10(2)8-26-16/h5,8,13H,1,6,9H2,2-4H3. The number of thiazole rings is 1. The summed E-state index contributed by atoms with van der Waals surface area (Å²) in [6, 6.07) is 2.04. The van der Waals surface area contributed by atoms with Crippen LogP contribution in [0.2, 0.25) is 0 Å². The first-order valence-electron chi connectivity index (χ1n) is 8.46. The molecule has 0 spiro atoms. The first-order chi connectivity index (χ1) is 13.4. The number of rotatable bonds is 7. The third-order valence-electron chi connectivity index (χ3n) is 4.24. The molecule has 0 aliphatic rings. The molecule has 3 aromatic heterocycles. The molecule has 0 amide bonds. The second-order valence-corrected chi connectivity index (χ2v) is 9.24. The third-order valence-corrected chi connectivity index (χ3v) is 7.37. The molecule has 1 atom stereocenters. The summed E-state index contributed by atoms with van der Waals surface area (Å²) in [7, 11) is 0. The van der Waals surface area contributed by atoms with Gasteiger partial charge in [-0.2, -0.15) is 5.26 Å². The van der Waals surface area contributed by atoms with Crippen molar-refractivity contribution in [2.75, 3.05) is 5.75 Å². The lowest BCUT2D eigenvalue weighted by molar-refractivity contribution is -0.116. The first-order valence-corrected chi connectivity index (χ1v) is 11.1. The Labute approximate surface area is 174 Å². The molecular formula is C19H18N4O2S3. The summed E-state index contributed by atoms with van der Waals surface area (Å²) in [4.78, 5) is 36.2. The summed E-state index contributed by atoms with van der Waals surface area (Å²) in [6.45, 7) is 9.72. The van der Waals surface area contributed by atoms with Crippen LogP contribution in [0.3, 0.4) is 0 Å². The Morgan fingerprint density at radius 3 is 2.79 bits per heavy atom. The van der Waals surface area contributed by atoms with E-state index in [4.69, 9.17) is 0 Å². The number of hydrogen-bond donors (Lipinski definition) is 0. The number of carbonyl (C=O) groups excluding carboxylic acids is 1. The maximum Gasteiger partial charge on any atom is 0.263 e. The van der Waals surface area contributed by atoms with Crippen LogP contribution in [-0.4, -0.2) is 26.1 Å². The highest BCUT2D eigenvalue weighted by Gasteiger charge is 2.24. The van der Waals surface area contributed by atoms with Gasteiger partial charge in [-0.05, 0) is 26.3 Å². The van der Waals surface area contributed by atoms with Crippen molar-refractivity contribution in [2.24, 2.45) is 0 Å². The molecule has 3 heterocycles. The second-order valence-electron chi connectivity index (χ2n) is 6.21. The number of aromatic nitrogens is 3. The normalized spacial score (nSPS) is 12.1. The Morgan fingerprint density at radius 1 is 1.43 bits per heavy atom. The summed E-state index contributed by atoms with van der Waals surface area (Å²) >= 11 is 3.95. The zero-order valence-corrected chi connectivity index (χ0v) is 18.1. The molecule has 28 heavy (non-hydrogen) atoms. The predicted molar refractivity (Wildman–Crippen MR) is 114 cm³/mol. The summed E-state index contributed by atoms with van der Waals surface area (Å²) in [6.07, 6.45) is 1.63. The van der Waals surface area contributed by atoms with Gasteiger partial charge in [0.15, 0.2) is 16.9 Å². The van der Waals surface area contributed by atoms with Crippen molar-refractivity contribution < 1.29 is 4.79 Å². The molecular weight excluding hydrogens is 412 g/mol. The van der Waals surface area contributed by atoms with E-state index in [1.165, 1.54) is 39.0 Å². The van der Waals surface area contributed by atoms with Crippen molar-refractivity contribution in [3.8, 4) is 6.07 Å². The highest BCUT2D eigenvalue weighted by molar-refractivity contribution is 7.99. The van der Waals surface area contributed by atoms with E-state index < -0.39 is 5.92 Å². The number of thioether (sulfide) groups is 1. The van der Waals surface area contributed by atoms with E-state index in [1.807, 2.05) is 32.2 Å². The lowest BCUT2D eigenvalue weighted by Crippen LogP contribution is -2.23. The number of Topliss-reactive ketones (excluding diaryl/α,β-unsaturated/α-hetero) is 1. The minimum absolute atomic E-state index is 0.0370. The molecule has 0 N–H and O–H groups in total. The van der Waals surface area contributed by atoms with Crippen LogP contribution >= 0.6 is 34.4 Å². The van der Waals surface area contributed by atoms with E-state index in [2.05, 4.69) is 16.5 Å². The molecule has 0 aromatic carbocycles. The van der Waals surface area contributed by atoms with Gasteiger partial charge in [0.2, 0.25) is 0 Å². The number of carbonyl (C=O) groups is 1. The topological polar surface area (TPSA) is 88.6 Å². The quantitative estimate of drug-likeness (QED) is 0.320. The fourth-order valence-corrected chi connectivity index (χ4v) is 5.54. The van der Waals surface area contributed by atoms with Crippen LogP contribution < -0.4 is 5.56 Å². The van der Waals surface area contributed by atoms with Gasteiger partial charge in [-0.25, -0.2) is 9.97 Å². The van der Waals surface area contributed by atoms with Gasteiger partial charge in [0.1, 0.15) is 9.84 Å². The van der Waals surface area contributed by atoms with Crippen LogP contribution in [0.5, 0.6) is 0 Å². The third kappa shape index (κ3) is 3.81. The van der Waals surface area contributed by atoms with Gasteiger partial charge in [0.05, 0.1) is 17.2 Å². The van der Waals surface area contributed by atoms with Crippen molar-refractivity contribution in [3.05, 3.63) is 49.5 Å². The average molecular weight is 431 g/mol. The summed E-state index contributed by atoms with van der Waals surface area (Å²) in [5.41, 5.74) is 1.59. The Kier molecular flexibility index (Phi) is 6.13. The van der Waals surface area contributed by atoms with E-state index in [-0.39, 0.29) is 17.1 Å². The molecule has 0 fully saturated rings. The smallest absolute Gasteiger partial charge is 0.263 e. The number of ketones is 1. The van der Waals surface area contributed by atoms with Gasteiger partial charge >= 0.3 is 0 Å². The largest absolute Gasteiger partial charge is 0.297 e. The minimum atomic E-state index is -0.902. The molecule has 0 saturated heterocycles. The molecule has 0 aliphatic heterocycles. The molecule has 0 radical (unpaired) electrons. The number of nitriles is 1. The van der Waals surface area contributed by atoms with Crippen molar-refractivity contribution in [3.63, 3.8) is 0 Å². The Bertz CT molecular complexity index is 1170. The maximum absolute atomic E-state index is 13.0. The van der Waals surface area contributed by atoms with E-state index in [9.17, 15) is 14.9 Å². The molecule has 3 aromatic rings. The van der Waals surface area contributed by atoms with Crippen LogP contribution in [0.4, 0.5) is 0 Å². The van der Waals surface area contributed by atoms with Crippen LogP contribution in [-0.2, 0) is 11.3 Å². The lowest BCUT2D eigenvalue weighted by atomic mass is 10.1. The van der Waals surface area contributed by atoms with Gasteiger partial charge in [-0.1, -0.05) is 17.8 Å². The number of fused-ring (bicyclic) bond motifs is 1. The number of hydrogen-bond acceptors (Lipinski definition) is 8. The lowest BCUT2D eigenvalue weighted by Gasteiger charge is -2.10. The van der Waals surface area contributed by atoms with E-state index in [0.717, 1.165) is 16.1 Å². The highest BCUT2D eigenvalue weighted by Crippen LogP contribution is 2.29. The van der Waals surface area contributed by atoms with Crippen LogP contribution in [0.15, 0.2) is 28.0 Å². The molecule has 144 valence electrons. The molecule has 6 nitrogen and oxygen atoms in total. The van der Waals surface area contributed by atoms with Crippen molar-refractivity contribution in [2.45, 2.75) is 38.4 Å². The molecule has 0 bridgehead atoms. The fraction of sp³-hybridized carbons (Fsp3) is 0.316. The second kappa shape index (κ2) is 8.39. The summed E-state index contributed by atoms with van der Waals surface area (Å²) in [5, 5.41) is 12.8. The van der Waals surface area contributed by atoms with Gasteiger partial charge < -0.3 is 0 Å². The van der Waals surface area contributed by atoms with E-state index in [1.54, 1.807) is 6.08 Å². The number of allylic oxidation sites excluding steroid dienone is 1. The zero-order chi connectivity index (χ0) is 20.4. The summed E-state index contributed by atoms with van der Waals surface area (Å²) < 4.78 is 1.53.